The number of nitrogen functional groups attached to an aromatic ring is 2. The van der Waals surface area contributed by atoms with E-state index < -0.39 is 0 Å². The van der Waals surface area contributed by atoms with Gasteiger partial charge in [-0.3, -0.25) is 0 Å². The number of hydrogen-bond acceptors (Lipinski definition) is 6. The molecule has 0 amide bonds. The molecule has 3 aliphatic rings. The average Bonchev–Trinajstić information content (AvgIpc) is 3.33. The molecule has 6 heteroatoms. The first-order chi connectivity index (χ1) is 22.2. The highest BCUT2D eigenvalue weighted by Gasteiger charge is 2.28. The fraction of sp³-hybridized carbons (Fsp3) is 0.0256. The molecule has 9 rings (SSSR count). The molecule has 6 aromatic rings. The van der Waals surface area contributed by atoms with E-state index in [1.165, 1.54) is 0 Å². The number of nitrogens with zero attached hydrogens (tertiary/aromatic N) is 2. The second kappa shape index (κ2) is 9.69. The zero-order valence-electron chi connectivity index (χ0n) is 24.3. The number of rotatable bonds is 2. The molecule has 2 heterocycles. The largest absolute Gasteiger partial charge is 0.457 e. The van der Waals surface area contributed by atoms with Gasteiger partial charge in [0.05, 0.1) is 34.1 Å². The van der Waals surface area contributed by atoms with E-state index in [9.17, 15) is 0 Å². The Balaban J connectivity index is 1.21. The van der Waals surface area contributed by atoms with E-state index in [1.54, 1.807) is 0 Å². The van der Waals surface area contributed by atoms with E-state index in [1.807, 2.05) is 54.6 Å². The van der Waals surface area contributed by atoms with Gasteiger partial charge >= 0.3 is 0 Å². The van der Waals surface area contributed by atoms with Gasteiger partial charge in [-0.15, -0.1) is 0 Å². The molecule has 0 bridgehead atoms. The first-order valence-corrected chi connectivity index (χ1v) is 15.0. The van der Waals surface area contributed by atoms with Crippen LogP contribution in [0.1, 0.15) is 6.42 Å². The third kappa shape index (κ3) is 3.82. The van der Waals surface area contributed by atoms with Crippen LogP contribution in [0.4, 0.5) is 39.8 Å². The fourth-order valence-electron chi connectivity index (χ4n) is 6.69. The maximum absolute atomic E-state index is 6.88. The minimum absolute atomic E-state index is 0.562. The number of anilines is 7. The molecule has 6 aromatic carbocycles. The Hall–Kier alpha value is -6.14. The molecule has 2 aliphatic heterocycles. The molecule has 0 aromatic heterocycles. The Labute approximate surface area is 260 Å². The van der Waals surface area contributed by atoms with E-state index >= 15 is 0 Å². The van der Waals surface area contributed by atoms with Crippen LogP contribution in [-0.4, -0.2) is 0 Å². The molecule has 6 nitrogen and oxygen atoms in total. The van der Waals surface area contributed by atoms with Crippen molar-refractivity contribution in [2.75, 3.05) is 21.3 Å². The van der Waals surface area contributed by atoms with Crippen molar-refractivity contribution in [1.82, 2.24) is 0 Å². The van der Waals surface area contributed by atoms with Gasteiger partial charge in [0, 0.05) is 28.6 Å². The number of fused-ring (bicyclic) bond motifs is 6. The summed E-state index contributed by atoms with van der Waals surface area (Å²) < 4.78 is 12.6. The fourth-order valence-corrected chi connectivity index (χ4v) is 6.69. The zero-order valence-corrected chi connectivity index (χ0v) is 24.3. The van der Waals surface area contributed by atoms with E-state index in [4.69, 9.17) is 20.9 Å². The molecule has 0 unspecified atom stereocenters. The molecular formula is C39H28N4O2. The highest BCUT2D eigenvalue weighted by Crippen LogP contribution is 2.52. The average molecular weight is 585 g/mol. The lowest BCUT2D eigenvalue weighted by Gasteiger charge is -2.34. The molecule has 0 atom stereocenters. The van der Waals surface area contributed by atoms with Crippen LogP contribution in [0, 0.1) is 0 Å². The minimum Gasteiger partial charge on any atom is -0.457 e. The van der Waals surface area contributed by atoms with Crippen LogP contribution in [0.3, 0.4) is 0 Å². The molecule has 0 saturated carbocycles. The smallest absolute Gasteiger partial charge is 0.151 e. The molecule has 45 heavy (non-hydrogen) atoms. The van der Waals surface area contributed by atoms with Gasteiger partial charge in [-0.05, 0) is 77.5 Å². The summed E-state index contributed by atoms with van der Waals surface area (Å²) in [4.78, 5) is 4.46. The van der Waals surface area contributed by atoms with Crippen molar-refractivity contribution in [3.8, 4) is 17.2 Å². The first kappa shape index (κ1) is 25.4. The van der Waals surface area contributed by atoms with E-state index in [0.29, 0.717) is 17.8 Å². The third-order valence-electron chi connectivity index (χ3n) is 8.79. The van der Waals surface area contributed by atoms with Crippen LogP contribution >= 0.6 is 0 Å². The predicted octanol–water partition coefficient (Wildman–Crippen LogP) is 9.99. The first-order valence-electron chi connectivity index (χ1n) is 15.0. The second-order valence-corrected chi connectivity index (χ2v) is 11.4. The van der Waals surface area contributed by atoms with Crippen LogP contribution < -0.4 is 30.7 Å². The molecule has 0 radical (unpaired) electrons. The SMILES string of the molecule is Nc1c(N)c2cc(N3c4ccccc4Oc4ccccc43)ccc2c2ccc(N3C4=C(CC=CC=C4)Oc4ccccc43)cc12. The topological polar surface area (TPSA) is 77.0 Å². The number of ether oxygens (including phenoxy) is 2. The number of allylic oxidation sites excluding steroid dienone is 4. The van der Waals surface area contributed by atoms with Gasteiger partial charge in [-0.1, -0.05) is 66.8 Å². The number of hydrogen-bond donors (Lipinski definition) is 2. The van der Waals surface area contributed by atoms with Gasteiger partial charge < -0.3 is 30.7 Å². The third-order valence-corrected chi connectivity index (χ3v) is 8.79. The molecule has 216 valence electrons. The second-order valence-electron chi connectivity index (χ2n) is 11.4. The molecule has 0 fully saturated rings. The predicted molar refractivity (Wildman–Crippen MR) is 184 cm³/mol. The van der Waals surface area contributed by atoms with Crippen molar-refractivity contribution >= 4 is 61.4 Å². The lowest BCUT2D eigenvalue weighted by atomic mass is 9.96. The Morgan fingerprint density at radius 3 is 1.62 bits per heavy atom. The Morgan fingerprint density at radius 1 is 0.511 bits per heavy atom. The Kier molecular flexibility index (Phi) is 5.46. The van der Waals surface area contributed by atoms with Crippen LogP contribution in [0.2, 0.25) is 0 Å². The Morgan fingerprint density at radius 2 is 1.02 bits per heavy atom. The van der Waals surface area contributed by atoms with Gasteiger partial charge in [0.25, 0.3) is 0 Å². The Bertz CT molecular complexity index is 2260. The van der Waals surface area contributed by atoms with Crippen molar-refractivity contribution in [2.24, 2.45) is 0 Å². The summed E-state index contributed by atoms with van der Waals surface area (Å²) >= 11 is 0. The lowest BCUT2D eigenvalue weighted by Crippen LogP contribution is -2.23. The maximum Gasteiger partial charge on any atom is 0.151 e. The summed E-state index contributed by atoms with van der Waals surface area (Å²) in [6.45, 7) is 0. The standard InChI is InChI=1S/C39H28N4O2/c40-38-28-22-24(42-30-10-2-1-3-14-34(30)44-35-15-7-4-11-31(35)42)18-20-26(28)27-21-19-25(23-29(27)39(38)41)43-32-12-5-8-16-36(32)45-37-17-9-6-13-33(37)43/h1-13,15-23H,14,40-41H2. The number of nitrogens with two attached hydrogens (primary N) is 2. The van der Waals surface area contributed by atoms with Gasteiger partial charge in [0.15, 0.2) is 17.2 Å². The van der Waals surface area contributed by atoms with Gasteiger partial charge in [0.1, 0.15) is 5.76 Å². The van der Waals surface area contributed by atoms with Gasteiger partial charge in [0.2, 0.25) is 0 Å². The number of benzene rings is 6. The van der Waals surface area contributed by atoms with E-state index in [-0.39, 0.29) is 0 Å². The van der Waals surface area contributed by atoms with Gasteiger partial charge in [-0.25, -0.2) is 0 Å². The maximum atomic E-state index is 6.88. The van der Waals surface area contributed by atoms with Crippen LogP contribution in [0.25, 0.3) is 21.5 Å². The molecule has 0 spiro atoms. The van der Waals surface area contributed by atoms with Crippen molar-refractivity contribution in [3.05, 3.63) is 145 Å². The van der Waals surface area contributed by atoms with Crippen LogP contribution in [0.5, 0.6) is 17.2 Å². The summed E-state index contributed by atoms with van der Waals surface area (Å²) in [5.74, 6) is 3.34. The van der Waals surface area contributed by atoms with Crippen molar-refractivity contribution < 1.29 is 9.47 Å². The summed E-state index contributed by atoms with van der Waals surface area (Å²) in [5.41, 5.74) is 20.8. The molecule has 1 aliphatic carbocycles. The van der Waals surface area contributed by atoms with E-state index in [2.05, 4.69) is 88.7 Å². The van der Waals surface area contributed by atoms with Crippen molar-refractivity contribution in [2.45, 2.75) is 6.42 Å². The molecular weight excluding hydrogens is 556 g/mol. The van der Waals surface area contributed by atoms with Crippen molar-refractivity contribution in [3.63, 3.8) is 0 Å². The highest BCUT2D eigenvalue weighted by molar-refractivity contribution is 6.20. The van der Waals surface area contributed by atoms with Gasteiger partial charge in [-0.2, -0.15) is 0 Å². The number of para-hydroxylation sites is 6. The zero-order chi connectivity index (χ0) is 30.1. The quantitative estimate of drug-likeness (QED) is 0.120. The van der Waals surface area contributed by atoms with Crippen LogP contribution in [0.15, 0.2) is 145 Å². The van der Waals surface area contributed by atoms with Crippen LogP contribution in [-0.2, 0) is 0 Å². The molecule has 0 saturated heterocycles. The summed E-state index contributed by atoms with van der Waals surface area (Å²) in [6.07, 6.45) is 9.02. The van der Waals surface area contributed by atoms with Crippen molar-refractivity contribution in [1.29, 1.82) is 0 Å². The lowest BCUT2D eigenvalue weighted by molar-refractivity contribution is 0.402. The summed E-state index contributed by atoms with van der Waals surface area (Å²) in [7, 11) is 0. The summed E-state index contributed by atoms with van der Waals surface area (Å²) in [6, 6.07) is 37.1. The van der Waals surface area contributed by atoms with E-state index in [0.717, 1.165) is 78.7 Å². The monoisotopic (exact) mass is 584 g/mol. The molecule has 4 N–H and O–H groups in total. The highest BCUT2D eigenvalue weighted by atomic mass is 16.5. The summed E-state index contributed by atoms with van der Waals surface area (Å²) in [5, 5.41) is 3.91. The minimum atomic E-state index is 0.562. The normalized spacial score (nSPS) is 14.8.